The fraction of sp³-hybridized carbons (Fsp3) is 0.545. The zero-order valence-electron chi connectivity index (χ0n) is 9.32. The highest BCUT2D eigenvalue weighted by Crippen LogP contribution is 2.11. The van der Waals surface area contributed by atoms with Crippen LogP contribution in [0.2, 0.25) is 0 Å². The molecule has 16 heavy (non-hydrogen) atoms. The van der Waals surface area contributed by atoms with Crippen molar-refractivity contribution < 1.29 is 9.59 Å². The van der Waals surface area contributed by atoms with Crippen LogP contribution in [0.25, 0.3) is 0 Å². The first-order valence-corrected chi connectivity index (χ1v) is 5.47. The lowest BCUT2D eigenvalue weighted by molar-refractivity contribution is -0.124. The molecule has 0 spiro atoms. The number of carbonyl (C=O) groups excluding carboxylic acids is 2. The molecule has 1 N–H and O–H groups in total. The monoisotopic (exact) mass is 221 g/mol. The molecule has 0 fully saturated rings. The van der Waals surface area contributed by atoms with Gasteiger partial charge in [-0.3, -0.25) is 9.59 Å². The van der Waals surface area contributed by atoms with Crippen LogP contribution < -0.4 is 5.43 Å². The SMILES string of the molecule is CC1=CCN(C(=O)C2=NNC(=O)CC2)CC1. The molecule has 86 valence electrons. The summed E-state index contributed by atoms with van der Waals surface area (Å²) in [6.45, 7) is 3.46. The van der Waals surface area contributed by atoms with E-state index in [9.17, 15) is 9.59 Å². The van der Waals surface area contributed by atoms with Crippen LogP contribution in [0, 0.1) is 0 Å². The smallest absolute Gasteiger partial charge is 0.270 e. The van der Waals surface area contributed by atoms with Gasteiger partial charge in [0.2, 0.25) is 5.91 Å². The molecule has 2 heterocycles. The van der Waals surface area contributed by atoms with E-state index >= 15 is 0 Å². The van der Waals surface area contributed by atoms with Crippen molar-refractivity contribution in [2.75, 3.05) is 13.1 Å². The van der Waals surface area contributed by atoms with Crippen LogP contribution in [0.3, 0.4) is 0 Å². The molecule has 2 aliphatic heterocycles. The van der Waals surface area contributed by atoms with Crippen molar-refractivity contribution >= 4 is 17.5 Å². The average molecular weight is 221 g/mol. The normalized spacial score (nSPS) is 21.1. The second-order valence-corrected chi connectivity index (χ2v) is 4.15. The first kappa shape index (κ1) is 10.9. The second-order valence-electron chi connectivity index (χ2n) is 4.15. The number of hydrogen-bond acceptors (Lipinski definition) is 3. The van der Waals surface area contributed by atoms with Gasteiger partial charge in [-0.1, -0.05) is 11.6 Å². The maximum absolute atomic E-state index is 12.0. The van der Waals surface area contributed by atoms with Gasteiger partial charge in [-0.2, -0.15) is 5.10 Å². The maximum atomic E-state index is 12.0. The maximum Gasteiger partial charge on any atom is 0.270 e. The average Bonchev–Trinajstić information content (AvgIpc) is 2.30. The van der Waals surface area contributed by atoms with E-state index in [2.05, 4.69) is 23.5 Å². The summed E-state index contributed by atoms with van der Waals surface area (Å²) in [4.78, 5) is 24.6. The molecule has 0 saturated heterocycles. The fourth-order valence-corrected chi connectivity index (χ4v) is 1.77. The lowest BCUT2D eigenvalue weighted by Gasteiger charge is -2.26. The first-order valence-electron chi connectivity index (χ1n) is 5.47. The molecule has 0 atom stereocenters. The van der Waals surface area contributed by atoms with Gasteiger partial charge in [0.1, 0.15) is 5.71 Å². The summed E-state index contributed by atoms with van der Waals surface area (Å²) in [5, 5.41) is 3.81. The van der Waals surface area contributed by atoms with E-state index in [1.54, 1.807) is 4.90 Å². The highest BCUT2D eigenvalue weighted by molar-refractivity contribution is 6.39. The Morgan fingerprint density at radius 3 is 2.81 bits per heavy atom. The van der Waals surface area contributed by atoms with Crippen LogP contribution in [0.5, 0.6) is 0 Å². The van der Waals surface area contributed by atoms with E-state index in [1.165, 1.54) is 5.57 Å². The van der Waals surface area contributed by atoms with Gasteiger partial charge in [0.05, 0.1) is 0 Å². The van der Waals surface area contributed by atoms with Gasteiger partial charge in [-0.15, -0.1) is 0 Å². The summed E-state index contributed by atoms with van der Waals surface area (Å²) in [7, 11) is 0. The molecule has 0 aliphatic carbocycles. The topological polar surface area (TPSA) is 61.8 Å². The minimum Gasteiger partial charge on any atom is -0.333 e. The molecule has 0 unspecified atom stereocenters. The summed E-state index contributed by atoms with van der Waals surface area (Å²) in [6, 6.07) is 0. The highest BCUT2D eigenvalue weighted by atomic mass is 16.2. The molecule has 0 aromatic rings. The minimum absolute atomic E-state index is 0.0521. The van der Waals surface area contributed by atoms with Crippen molar-refractivity contribution in [3.8, 4) is 0 Å². The van der Waals surface area contributed by atoms with Crippen LogP contribution in [0.1, 0.15) is 26.2 Å². The number of rotatable bonds is 1. The Bertz CT molecular complexity index is 385. The van der Waals surface area contributed by atoms with E-state index in [0.29, 0.717) is 25.1 Å². The quantitative estimate of drug-likeness (QED) is 0.653. The molecule has 2 amide bonds. The molecule has 5 heteroatoms. The summed E-state index contributed by atoms with van der Waals surface area (Å²) in [5.74, 6) is -0.172. The van der Waals surface area contributed by atoms with E-state index in [1.807, 2.05) is 0 Å². The summed E-state index contributed by atoms with van der Waals surface area (Å²) < 4.78 is 0. The first-order chi connectivity index (χ1) is 7.66. The lowest BCUT2D eigenvalue weighted by atomic mass is 10.1. The fourth-order valence-electron chi connectivity index (χ4n) is 1.77. The predicted molar refractivity (Wildman–Crippen MR) is 59.8 cm³/mol. The predicted octanol–water partition coefficient (Wildman–Crippen LogP) is 0.431. The van der Waals surface area contributed by atoms with E-state index in [4.69, 9.17) is 0 Å². The molecule has 0 radical (unpaired) electrons. The van der Waals surface area contributed by atoms with Crippen LogP contribution >= 0.6 is 0 Å². The Kier molecular flexibility index (Phi) is 3.03. The molecule has 2 rings (SSSR count). The molecule has 0 aromatic carbocycles. The van der Waals surface area contributed by atoms with Crippen molar-refractivity contribution in [1.82, 2.24) is 10.3 Å². The van der Waals surface area contributed by atoms with Crippen LogP contribution in [0.15, 0.2) is 16.8 Å². The molecular weight excluding hydrogens is 206 g/mol. The van der Waals surface area contributed by atoms with Crippen LogP contribution in [-0.2, 0) is 9.59 Å². The minimum atomic E-state index is -0.120. The van der Waals surface area contributed by atoms with Crippen molar-refractivity contribution in [2.24, 2.45) is 5.10 Å². The van der Waals surface area contributed by atoms with E-state index in [-0.39, 0.29) is 11.8 Å². The number of hydrogen-bond donors (Lipinski definition) is 1. The third-order valence-corrected chi connectivity index (χ3v) is 2.87. The highest BCUT2D eigenvalue weighted by Gasteiger charge is 2.23. The third kappa shape index (κ3) is 2.29. The number of hydrazone groups is 1. The third-order valence-electron chi connectivity index (χ3n) is 2.87. The Hall–Kier alpha value is -1.65. The van der Waals surface area contributed by atoms with Crippen molar-refractivity contribution in [3.05, 3.63) is 11.6 Å². The molecule has 0 aromatic heterocycles. The Morgan fingerprint density at radius 1 is 1.44 bits per heavy atom. The van der Waals surface area contributed by atoms with Gasteiger partial charge in [0, 0.05) is 25.9 Å². The largest absolute Gasteiger partial charge is 0.333 e. The summed E-state index contributed by atoms with van der Waals surface area (Å²) in [5.41, 5.74) is 4.13. The molecule has 0 saturated carbocycles. The lowest BCUT2D eigenvalue weighted by Crippen LogP contribution is -2.42. The molecule has 2 aliphatic rings. The van der Waals surface area contributed by atoms with Crippen molar-refractivity contribution in [1.29, 1.82) is 0 Å². The Morgan fingerprint density at radius 2 is 2.25 bits per heavy atom. The van der Waals surface area contributed by atoms with Gasteiger partial charge in [0.25, 0.3) is 5.91 Å². The van der Waals surface area contributed by atoms with Gasteiger partial charge in [-0.05, 0) is 13.3 Å². The zero-order valence-corrected chi connectivity index (χ0v) is 9.32. The summed E-state index contributed by atoms with van der Waals surface area (Å²) in [6.07, 6.45) is 3.78. The Labute approximate surface area is 94.2 Å². The Balaban J connectivity index is 2.00. The standard InChI is InChI=1S/C11H15N3O2/c1-8-4-6-14(7-5-8)11(16)9-2-3-10(15)13-12-9/h4H,2-3,5-7H2,1H3,(H,13,15). The number of nitrogens with one attached hydrogen (secondary N) is 1. The van der Waals surface area contributed by atoms with Crippen molar-refractivity contribution in [3.63, 3.8) is 0 Å². The molecule has 5 nitrogen and oxygen atoms in total. The second kappa shape index (κ2) is 4.47. The molecular formula is C11H15N3O2. The number of carbonyl (C=O) groups is 2. The van der Waals surface area contributed by atoms with Crippen LogP contribution in [0.4, 0.5) is 0 Å². The number of amides is 2. The summed E-state index contributed by atoms with van der Waals surface area (Å²) >= 11 is 0. The van der Waals surface area contributed by atoms with Gasteiger partial charge < -0.3 is 4.90 Å². The van der Waals surface area contributed by atoms with E-state index < -0.39 is 0 Å². The zero-order chi connectivity index (χ0) is 11.5. The van der Waals surface area contributed by atoms with E-state index in [0.717, 1.165) is 13.0 Å². The van der Waals surface area contributed by atoms with Gasteiger partial charge in [-0.25, -0.2) is 5.43 Å². The van der Waals surface area contributed by atoms with Gasteiger partial charge >= 0.3 is 0 Å². The van der Waals surface area contributed by atoms with Gasteiger partial charge in [0.15, 0.2) is 0 Å². The molecule has 0 bridgehead atoms. The van der Waals surface area contributed by atoms with Crippen molar-refractivity contribution in [2.45, 2.75) is 26.2 Å². The van der Waals surface area contributed by atoms with Crippen LogP contribution in [-0.4, -0.2) is 35.5 Å². The number of nitrogens with zero attached hydrogens (tertiary/aromatic N) is 2.